The van der Waals surface area contributed by atoms with Gasteiger partial charge in [0.1, 0.15) is 0 Å². The van der Waals surface area contributed by atoms with Crippen LogP contribution in [-0.2, 0) is 0 Å². The van der Waals surface area contributed by atoms with Gasteiger partial charge in [-0.1, -0.05) is 0 Å². The summed E-state index contributed by atoms with van der Waals surface area (Å²) in [6.45, 7) is 0. The normalized spacial score (nSPS) is 7.50. The Kier molecular flexibility index (Phi) is 7.99. The second kappa shape index (κ2) is 6.23. The van der Waals surface area contributed by atoms with Crippen LogP contribution in [0.4, 0.5) is 4.79 Å². The molecule has 0 saturated carbocycles. The minimum absolute atomic E-state index is 0.833. The highest BCUT2D eigenvalue weighted by molar-refractivity contribution is 5.69. The molecule has 0 aromatic heterocycles. The van der Waals surface area contributed by atoms with Crippen LogP contribution < -0.4 is 11.5 Å². The van der Waals surface area contributed by atoms with Gasteiger partial charge >= 0.3 is 6.03 Å². The first kappa shape index (κ1) is 10.3. The molecule has 2 amide bonds. The summed E-state index contributed by atoms with van der Waals surface area (Å²) in [6, 6.07) is -0.833. The maximum Gasteiger partial charge on any atom is 0.309 e. The predicted molar refractivity (Wildman–Crippen MR) is 33.4 cm³/mol. The van der Waals surface area contributed by atoms with Crippen LogP contribution in [0.2, 0.25) is 0 Å². The Labute approximate surface area is 49.4 Å². The van der Waals surface area contributed by atoms with Crippen molar-refractivity contribution in [2.75, 3.05) is 21.1 Å². The van der Waals surface area contributed by atoms with Gasteiger partial charge < -0.3 is 16.4 Å². The number of nitrogens with two attached hydrogens (primary N) is 2. The molecular weight excluding hydrogens is 106 g/mol. The highest BCUT2D eigenvalue weighted by atomic mass is 16.2. The van der Waals surface area contributed by atoms with Crippen molar-refractivity contribution in [1.82, 2.24) is 4.90 Å². The molecule has 0 aliphatic rings. The van der Waals surface area contributed by atoms with Gasteiger partial charge in [-0.25, -0.2) is 4.79 Å². The van der Waals surface area contributed by atoms with Gasteiger partial charge in [-0.15, -0.1) is 0 Å². The van der Waals surface area contributed by atoms with Crippen LogP contribution in [0.3, 0.4) is 0 Å². The van der Waals surface area contributed by atoms with Crippen molar-refractivity contribution in [2.45, 2.75) is 0 Å². The van der Waals surface area contributed by atoms with Gasteiger partial charge in [-0.3, -0.25) is 0 Å². The monoisotopic (exact) mass is 119 g/mol. The Hall–Kier alpha value is -0.770. The van der Waals surface area contributed by atoms with Crippen LogP contribution in [0.5, 0.6) is 0 Å². The summed E-state index contributed by atoms with van der Waals surface area (Å²) < 4.78 is 0. The summed E-state index contributed by atoms with van der Waals surface area (Å²) in [5.41, 5.74) is 8.50. The highest BCUT2D eigenvalue weighted by Crippen LogP contribution is 1.47. The van der Waals surface area contributed by atoms with E-state index in [0.717, 1.165) is 0 Å². The zero-order chi connectivity index (χ0) is 7.15. The number of carbonyl (C=O) groups is 1. The second-order valence-electron chi connectivity index (χ2n) is 1.74. The lowest BCUT2D eigenvalue weighted by Gasteiger charge is -1.90. The van der Waals surface area contributed by atoms with E-state index in [9.17, 15) is 0 Å². The quantitative estimate of drug-likeness (QED) is 0.438. The molecule has 0 unspecified atom stereocenters. The average Bonchev–Trinajstić information content (AvgIpc) is 1.25. The lowest BCUT2D eigenvalue weighted by molar-refractivity contribution is 0.256. The Morgan fingerprint density at radius 2 is 1.25 bits per heavy atom. The number of rotatable bonds is 0. The summed E-state index contributed by atoms with van der Waals surface area (Å²) in [7, 11) is 6.00. The molecule has 8 heavy (non-hydrogen) atoms. The maximum absolute atomic E-state index is 9.00. The van der Waals surface area contributed by atoms with Crippen LogP contribution in [0.15, 0.2) is 0 Å². The topological polar surface area (TPSA) is 72.3 Å². The third-order valence-electron chi connectivity index (χ3n) is 0. The molecule has 0 heterocycles. The van der Waals surface area contributed by atoms with Crippen LogP contribution in [0, 0.1) is 0 Å². The van der Waals surface area contributed by atoms with E-state index in [2.05, 4.69) is 11.5 Å². The molecule has 0 saturated heterocycles. The number of hydrogen-bond acceptors (Lipinski definition) is 2. The number of primary amides is 2. The smallest absolute Gasteiger partial charge is 0.309 e. The van der Waals surface area contributed by atoms with Crippen molar-refractivity contribution in [3.8, 4) is 0 Å². The fraction of sp³-hybridized carbons (Fsp3) is 0.750. The second-order valence-corrected chi connectivity index (χ2v) is 1.74. The Balaban J connectivity index is 0. The first-order chi connectivity index (χ1) is 3.46. The molecule has 4 N–H and O–H groups in total. The first-order valence-corrected chi connectivity index (χ1v) is 2.12. The zero-order valence-corrected chi connectivity index (χ0v) is 5.51. The molecule has 0 bridgehead atoms. The van der Waals surface area contributed by atoms with Gasteiger partial charge in [-0.05, 0) is 21.1 Å². The Bertz CT molecular complexity index is 55.5. The fourth-order valence-corrected chi connectivity index (χ4v) is 0. The summed E-state index contributed by atoms with van der Waals surface area (Å²) >= 11 is 0. The van der Waals surface area contributed by atoms with E-state index < -0.39 is 6.03 Å². The molecule has 0 aliphatic carbocycles. The van der Waals surface area contributed by atoms with Gasteiger partial charge in [0.25, 0.3) is 0 Å². The largest absolute Gasteiger partial charge is 0.352 e. The Morgan fingerprint density at radius 1 is 1.25 bits per heavy atom. The molecule has 0 aliphatic heterocycles. The molecule has 0 spiro atoms. The van der Waals surface area contributed by atoms with E-state index in [1.54, 1.807) is 0 Å². The molecule has 4 nitrogen and oxygen atoms in total. The SMILES string of the molecule is CN(C)C.NC(N)=O. The zero-order valence-electron chi connectivity index (χ0n) is 5.51. The third kappa shape index (κ3) is 158. The van der Waals surface area contributed by atoms with Crippen LogP contribution in [0.25, 0.3) is 0 Å². The van der Waals surface area contributed by atoms with Crippen molar-refractivity contribution >= 4 is 6.03 Å². The number of nitrogens with zero attached hydrogens (tertiary/aromatic N) is 1. The number of hydrogen-bond donors (Lipinski definition) is 2. The van der Waals surface area contributed by atoms with Crippen LogP contribution in [0.1, 0.15) is 0 Å². The van der Waals surface area contributed by atoms with E-state index >= 15 is 0 Å². The van der Waals surface area contributed by atoms with E-state index in [4.69, 9.17) is 4.79 Å². The van der Waals surface area contributed by atoms with E-state index in [-0.39, 0.29) is 0 Å². The average molecular weight is 119 g/mol. The van der Waals surface area contributed by atoms with Crippen molar-refractivity contribution < 1.29 is 4.79 Å². The molecule has 0 atom stereocenters. The van der Waals surface area contributed by atoms with E-state index in [1.165, 1.54) is 0 Å². The van der Waals surface area contributed by atoms with Crippen molar-refractivity contribution in [3.63, 3.8) is 0 Å². The molecule has 50 valence electrons. The molecule has 0 fully saturated rings. The Morgan fingerprint density at radius 3 is 1.25 bits per heavy atom. The molecule has 0 radical (unpaired) electrons. The predicted octanol–water partition coefficient (Wildman–Crippen LogP) is -0.798. The number of urea groups is 1. The standard InChI is InChI=1S/C3H9N.CH4N2O/c1-4(2)3;2-1(3)4/h1-3H3;(H4,2,3,4). The molecular formula is C4H13N3O. The molecule has 0 aromatic carbocycles. The van der Waals surface area contributed by atoms with Gasteiger partial charge in [0.2, 0.25) is 0 Å². The van der Waals surface area contributed by atoms with Crippen LogP contribution >= 0.6 is 0 Å². The first-order valence-electron chi connectivity index (χ1n) is 2.12. The van der Waals surface area contributed by atoms with Gasteiger partial charge in [-0.2, -0.15) is 0 Å². The maximum atomic E-state index is 9.00. The summed E-state index contributed by atoms with van der Waals surface area (Å²) in [5.74, 6) is 0. The fourth-order valence-electron chi connectivity index (χ4n) is 0. The molecule has 4 heteroatoms. The van der Waals surface area contributed by atoms with Crippen molar-refractivity contribution in [3.05, 3.63) is 0 Å². The lowest BCUT2D eigenvalue weighted by atomic mass is 11.0. The molecule has 0 aromatic rings. The van der Waals surface area contributed by atoms with Gasteiger partial charge in [0.15, 0.2) is 0 Å². The van der Waals surface area contributed by atoms with E-state index in [1.807, 2.05) is 26.0 Å². The van der Waals surface area contributed by atoms with Crippen LogP contribution in [-0.4, -0.2) is 32.1 Å². The van der Waals surface area contributed by atoms with E-state index in [0.29, 0.717) is 0 Å². The lowest BCUT2D eigenvalue weighted by Crippen LogP contribution is -2.18. The summed E-state index contributed by atoms with van der Waals surface area (Å²) in [5, 5.41) is 0. The van der Waals surface area contributed by atoms with Crippen molar-refractivity contribution in [2.24, 2.45) is 11.5 Å². The van der Waals surface area contributed by atoms with Crippen molar-refractivity contribution in [1.29, 1.82) is 0 Å². The van der Waals surface area contributed by atoms with Gasteiger partial charge in [0, 0.05) is 0 Å². The number of carbonyl (C=O) groups excluding carboxylic acids is 1. The van der Waals surface area contributed by atoms with Gasteiger partial charge in [0.05, 0.1) is 0 Å². The summed E-state index contributed by atoms with van der Waals surface area (Å²) in [4.78, 5) is 11.0. The number of amides is 2. The summed E-state index contributed by atoms with van der Waals surface area (Å²) in [6.07, 6.45) is 0. The molecule has 0 rings (SSSR count). The highest BCUT2D eigenvalue weighted by Gasteiger charge is 1.60. The minimum atomic E-state index is -0.833. The third-order valence-corrected chi connectivity index (χ3v) is 0. The minimum Gasteiger partial charge on any atom is -0.352 e.